The van der Waals surface area contributed by atoms with E-state index in [9.17, 15) is 20.0 Å². The van der Waals surface area contributed by atoms with Crippen LogP contribution in [0.5, 0.6) is 17.2 Å². The summed E-state index contributed by atoms with van der Waals surface area (Å²) in [4.78, 5) is 23.3. The Hall–Kier alpha value is -3.35. The summed E-state index contributed by atoms with van der Waals surface area (Å²) in [6, 6.07) is 8.01. The van der Waals surface area contributed by atoms with Gasteiger partial charge in [0.15, 0.2) is 11.5 Å². The Kier molecular flexibility index (Phi) is 4.62. The van der Waals surface area contributed by atoms with Crippen molar-refractivity contribution in [3.8, 4) is 17.2 Å². The predicted molar refractivity (Wildman–Crippen MR) is 94.9 cm³/mol. The summed E-state index contributed by atoms with van der Waals surface area (Å²) >= 11 is 0. The molecule has 0 amide bonds. The number of aromatic hydroxyl groups is 1. The van der Waals surface area contributed by atoms with Gasteiger partial charge >= 0.3 is 5.69 Å². The van der Waals surface area contributed by atoms with E-state index in [4.69, 9.17) is 9.47 Å². The van der Waals surface area contributed by atoms with Crippen LogP contribution < -0.4 is 9.47 Å². The Bertz CT molecular complexity index is 932. The molecule has 1 N–H and O–H groups in total. The maximum absolute atomic E-state index is 12.9. The molecule has 3 rings (SSSR count). The molecule has 2 aromatic rings. The van der Waals surface area contributed by atoms with E-state index in [-0.39, 0.29) is 11.5 Å². The first-order valence-corrected chi connectivity index (χ1v) is 7.95. The van der Waals surface area contributed by atoms with Crippen LogP contribution >= 0.6 is 0 Å². The molecule has 0 unspecified atom stereocenters. The average Bonchev–Trinajstić information content (AvgIpc) is 2.77. The fourth-order valence-corrected chi connectivity index (χ4v) is 2.90. The number of hydrogen-bond donors (Lipinski definition) is 1. The van der Waals surface area contributed by atoms with Crippen LogP contribution in [0, 0.1) is 17.0 Å². The van der Waals surface area contributed by atoms with Crippen molar-refractivity contribution in [3.63, 3.8) is 0 Å². The summed E-state index contributed by atoms with van der Waals surface area (Å²) in [5.41, 5.74) is 1.72. The Morgan fingerprint density at radius 2 is 2.12 bits per heavy atom. The van der Waals surface area contributed by atoms with Crippen molar-refractivity contribution in [2.24, 2.45) is 0 Å². The molecule has 0 bridgehead atoms. The zero-order valence-electron chi connectivity index (χ0n) is 14.3. The summed E-state index contributed by atoms with van der Waals surface area (Å²) in [5, 5.41) is 21.0. The van der Waals surface area contributed by atoms with Crippen molar-refractivity contribution in [1.82, 2.24) is 0 Å². The van der Waals surface area contributed by atoms with Crippen molar-refractivity contribution in [2.75, 3.05) is 13.7 Å². The molecule has 1 aliphatic rings. The quantitative estimate of drug-likeness (QED) is 0.512. The van der Waals surface area contributed by atoms with Crippen LogP contribution in [-0.2, 0) is 0 Å². The summed E-state index contributed by atoms with van der Waals surface area (Å²) in [6.07, 6.45) is 1.93. The summed E-state index contributed by atoms with van der Waals surface area (Å²) in [5.74, 6) is -0.193. The van der Waals surface area contributed by atoms with Crippen molar-refractivity contribution in [1.29, 1.82) is 0 Å². The minimum absolute atomic E-state index is 0.0281. The molecular formula is C19H17NO6. The first-order chi connectivity index (χ1) is 12.4. The number of ether oxygens (including phenoxy) is 2. The molecule has 134 valence electrons. The lowest BCUT2D eigenvalue weighted by Gasteiger charge is -2.08. The molecule has 0 fully saturated rings. The molecule has 26 heavy (non-hydrogen) atoms. The smallest absolute Gasteiger partial charge is 0.315 e. The molecule has 7 heteroatoms. The van der Waals surface area contributed by atoms with E-state index in [1.54, 1.807) is 18.2 Å². The standard InChI is InChI=1S/C19H17NO6/c1-11-4-3-5-14-17(21)13(6-7-26-19(11)14)8-12-9-15(20(23)24)18(22)16(10-12)25-2/h3-5,8-10,22H,6-7H2,1-2H3/b13-8+. The second-order valence-corrected chi connectivity index (χ2v) is 5.90. The fraction of sp³-hybridized carbons (Fsp3) is 0.211. The number of carbonyl (C=O) groups is 1. The first-order valence-electron chi connectivity index (χ1n) is 7.95. The van der Waals surface area contributed by atoms with Gasteiger partial charge in [0.05, 0.1) is 24.2 Å². The van der Waals surface area contributed by atoms with Crippen molar-refractivity contribution >= 4 is 17.5 Å². The zero-order valence-corrected chi connectivity index (χ0v) is 14.3. The van der Waals surface area contributed by atoms with E-state index in [0.29, 0.717) is 35.5 Å². The van der Waals surface area contributed by atoms with E-state index in [2.05, 4.69) is 0 Å². The van der Waals surface area contributed by atoms with Gasteiger partial charge in [-0.3, -0.25) is 14.9 Å². The number of carbonyl (C=O) groups excluding carboxylic acids is 1. The van der Waals surface area contributed by atoms with E-state index >= 15 is 0 Å². The zero-order chi connectivity index (χ0) is 18.8. The van der Waals surface area contributed by atoms with Crippen LogP contribution in [-0.4, -0.2) is 29.5 Å². The average molecular weight is 355 g/mol. The Morgan fingerprint density at radius 3 is 2.81 bits per heavy atom. The number of rotatable bonds is 3. The number of Topliss-reactive ketones (excluding diaryl/α,β-unsaturated/α-hetero) is 1. The van der Waals surface area contributed by atoms with Crippen LogP contribution in [0.15, 0.2) is 35.9 Å². The molecule has 1 heterocycles. The molecule has 0 saturated carbocycles. The fourth-order valence-electron chi connectivity index (χ4n) is 2.90. The third-order valence-corrected chi connectivity index (χ3v) is 4.20. The number of nitro benzene ring substituents is 1. The predicted octanol–water partition coefficient (Wildman–Crippen LogP) is 3.67. The molecule has 2 aromatic carbocycles. The van der Waals surface area contributed by atoms with Gasteiger partial charge in [-0.1, -0.05) is 12.1 Å². The van der Waals surface area contributed by atoms with Gasteiger partial charge in [-0.2, -0.15) is 0 Å². The van der Waals surface area contributed by atoms with Gasteiger partial charge in [0.1, 0.15) is 5.75 Å². The number of ketones is 1. The highest BCUT2D eigenvalue weighted by molar-refractivity contribution is 6.13. The van der Waals surface area contributed by atoms with Crippen LogP contribution in [0.2, 0.25) is 0 Å². The lowest BCUT2D eigenvalue weighted by Crippen LogP contribution is -2.02. The number of benzene rings is 2. The highest BCUT2D eigenvalue weighted by Gasteiger charge is 2.24. The molecule has 0 aromatic heterocycles. The van der Waals surface area contributed by atoms with Gasteiger partial charge in [0, 0.05) is 18.1 Å². The maximum atomic E-state index is 12.9. The monoisotopic (exact) mass is 355 g/mol. The van der Waals surface area contributed by atoms with E-state index in [1.807, 2.05) is 13.0 Å². The number of nitrogens with zero attached hydrogens (tertiary/aromatic N) is 1. The SMILES string of the molecule is COc1cc(/C=C2\CCOc3c(C)cccc3C2=O)cc([N+](=O)[O-])c1O. The summed E-state index contributed by atoms with van der Waals surface area (Å²) in [7, 11) is 1.30. The van der Waals surface area contributed by atoms with Crippen molar-refractivity contribution < 1.29 is 24.3 Å². The van der Waals surface area contributed by atoms with Gasteiger partial charge < -0.3 is 14.6 Å². The molecule has 0 atom stereocenters. The van der Waals surface area contributed by atoms with Gasteiger partial charge in [0.25, 0.3) is 0 Å². The Labute approximate surface area is 149 Å². The van der Waals surface area contributed by atoms with Crippen molar-refractivity contribution in [3.05, 3.63) is 62.7 Å². The minimum atomic E-state index is -0.698. The molecule has 7 nitrogen and oxygen atoms in total. The third-order valence-electron chi connectivity index (χ3n) is 4.20. The van der Waals surface area contributed by atoms with Crippen LogP contribution in [0.4, 0.5) is 5.69 Å². The second kappa shape index (κ2) is 6.87. The Morgan fingerprint density at radius 1 is 1.35 bits per heavy atom. The normalized spacial score (nSPS) is 15.2. The molecule has 0 aliphatic carbocycles. The minimum Gasteiger partial charge on any atom is -0.500 e. The van der Waals surface area contributed by atoms with Crippen LogP contribution in [0.25, 0.3) is 6.08 Å². The van der Waals surface area contributed by atoms with E-state index in [1.165, 1.54) is 19.2 Å². The first kappa shape index (κ1) is 17.5. The van der Waals surface area contributed by atoms with Gasteiger partial charge in [0.2, 0.25) is 5.75 Å². The number of para-hydroxylation sites is 1. The molecule has 0 radical (unpaired) electrons. The van der Waals surface area contributed by atoms with Gasteiger partial charge in [-0.25, -0.2) is 0 Å². The third kappa shape index (κ3) is 3.11. The number of fused-ring (bicyclic) bond motifs is 1. The lowest BCUT2D eigenvalue weighted by atomic mass is 9.97. The highest BCUT2D eigenvalue weighted by Crippen LogP contribution is 2.38. The largest absolute Gasteiger partial charge is 0.500 e. The van der Waals surface area contributed by atoms with Gasteiger partial charge in [-0.05, 0) is 36.3 Å². The van der Waals surface area contributed by atoms with Crippen LogP contribution in [0.1, 0.15) is 27.9 Å². The molecule has 1 aliphatic heterocycles. The second-order valence-electron chi connectivity index (χ2n) is 5.90. The van der Waals surface area contributed by atoms with E-state index < -0.39 is 16.4 Å². The van der Waals surface area contributed by atoms with E-state index in [0.717, 1.165) is 5.56 Å². The number of phenolic OH excluding ortho intramolecular Hbond substituents is 1. The number of aryl methyl sites for hydroxylation is 1. The number of phenols is 1. The number of methoxy groups -OCH3 is 1. The summed E-state index contributed by atoms with van der Waals surface area (Å²) < 4.78 is 10.7. The topological polar surface area (TPSA) is 98.9 Å². The number of hydrogen-bond acceptors (Lipinski definition) is 6. The molecule has 0 spiro atoms. The Balaban J connectivity index is 2.09. The molecule has 0 saturated heterocycles. The number of nitro groups is 1. The maximum Gasteiger partial charge on any atom is 0.315 e. The lowest BCUT2D eigenvalue weighted by molar-refractivity contribution is -0.386. The molecular weight excluding hydrogens is 338 g/mol. The van der Waals surface area contributed by atoms with Gasteiger partial charge in [-0.15, -0.1) is 0 Å². The summed E-state index contributed by atoms with van der Waals surface area (Å²) in [6.45, 7) is 2.20. The van der Waals surface area contributed by atoms with Crippen molar-refractivity contribution in [2.45, 2.75) is 13.3 Å². The highest BCUT2D eigenvalue weighted by atomic mass is 16.6. The van der Waals surface area contributed by atoms with Crippen LogP contribution in [0.3, 0.4) is 0 Å².